The number of methoxy groups -OCH3 is 2. The molecule has 0 spiro atoms. The van der Waals surface area contributed by atoms with E-state index in [1.165, 1.54) is 11.8 Å². The van der Waals surface area contributed by atoms with Gasteiger partial charge in [0.25, 0.3) is 0 Å². The number of hydrogen-bond acceptors (Lipinski definition) is 8. The monoisotopic (exact) mass is 400 g/mol. The molecule has 2 heterocycles. The number of nitrogens with zero attached hydrogens (tertiary/aromatic N) is 2. The normalized spacial score (nSPS) is 10.5. The molecule has 0 unspecified atom stereocenters. The maximum Gasteiger partial charge on any atom is 0.341 e. The molecule has 0 aliphatic rings. The highest BCUT2D eigenvalue weighted by atomic mass is 32.2. The Morgan fingerprint density at radius 1 is 1.18 bits per heavy atom. The highest BCUT2D eigenvalue weighted by Gasteiger charge is 2.16. The van der Waals surface area contributed by atoms with Crippen LogP contribution in [0.15, 0.2) is 52.1 Å². The quantitative estimate of drug-likeness (QED) is 0.414. The van der Waals surface area contributed by atoms with Crippen molar-refractivity contribution in [2.45, 2.75) is 24.3 Å². The van der Waals surface area contributed by atoms with E-state index in [0.717, 1.165) is 11.5 Å². The van der Waals surface area contributed by atoms with Crippen LogP contribution in [-0.4, -0.2) is 30.3 Å². The zero-order valence-corrected chi connectivity index (χ0v) is 16.6. The molecule has 0 saturated carbocycles. The minimum Gasteiger partial charge on any atom is -0.497 e. The second kappa shape index (κ2) is 9.27. The first-order valence-electron chi connectivity index (χ1n) is 8.48. The lowest BCUT2D eigenvalue weighted by Crippen LogP contribution is -2.08. The first kappa shape index (κ1) is 19.8. The minimum absolute atomic E-state index is 0.0562. The first-order valence-corrected chi connectivity index (χ1v) is 9.47. The molecule has 0 fully saturated rings. The zero-order valence-electron chi connectivity index (χ0n) is 15.8. The summed E-state index contributed by atoms with van der Waals surface area (Å²) in [6.45, 7) is 1.89. The van der Waals surface area contributed by atoms with Gasteiger partial charge in [-0.2, -0.15) is 0 Å². The molecule has 2 aromatic heterocycles. The van der Waals surface area contributed by atoms with Crippen LogP contribution in [0.3, 0.4) is 0 Å². The van der Waals surface area contributed by atoms with Crippen molar-refractivity contribution in [3.8, 4) is 11.5 Å². The van der Waals surface area contributed by atoms with Crippen LogP contribution < -0.4 is 9.47 Å². The van der Waals surface area contributed by atoms with E-state index >= 15 is 0 Å². The molecule has 0 aliphatic carbocycles. The summed E-state index contributed by atoms with van der Waals surface area (Å²) < 4.78 is 21.1. The third-order valence-corrected chi connectivity index (χ3v) is 4.91. The summed E-state index contributed by atoms with van der Waals surface area (Å²) in [5.41, 5.74) is 1.90. The van der Waals surface area contributed by atoms with Crippen molar-refractivity contribution >= 4 is 17.7 Å². The molecule has 0 saturated heterocycles. The number of aromatic nitrogens is 2. The van der Waals surface area contributed by atoms with E-state index in [4.69, 9.17) is 18.7 Å². The van der Waals surface area contributed by atoms with E-state index in [9.17, 15) is 4.79 Å². The van der Waals surface area contributed by atoms with Crippen molar-refractivity contribution in [1.29, 1.82) is 0 Å². The van der Waals surface area contributed by atoms with Gasteiger partial charge in [0.1, 0.15) is 28.9 Å². The second-order valence-corrected chi connectivity index (χ2v) is 6.79. The highest BCUT2D eigenvalue weighted by Crippen LogP contribution is 2.27. The Labute approximate surface area is 167 Å². The van der Waals surface area contributed by atoms with E-state index in [1.807, 2.05) is 13.0 Å². The van der Waals surface area contributed by atoms with Crippen molar-refractivity contribution in [3.63, 3.8) is 0 Å². The van der Waals surface area contributed by atoms with Crippen molar-refractivity contribution in [2.75, 3.05) is 14.2 Å². The average Bonchev–Trinajstić information content (AvgIpc) is 3.15. The van der Waals surface area contributed by atoms with E-state index in [0.29, 0.717) is 33.4 Å². The summed E-state index contributed by atoms with van der Waals surface area (Å²) in [5.74, 6) is 2.10. The Bertz CT molecular complexity index is 957. The number of thioether (sulfide) groups is 1. The minimum atomic E-state index is -0.461. The number of carbonyl (C=O) groups excluding carboxylic acids is 1. The van der Waals surface area contributed by atoms with Gasteiger partial charge in [0.15, 0.2) is 0 Å². The highest BCUT2D eigenvalue weighted by molar-refractivity contribution is 7.98. The fraction of sp³-hybridized carbons (Fsp3) is 0.250. The van der Waals surface area contributed by atoms with Crippen LogP contribution in [0.4, 0.5) is 0 Å². The molecule has 8 heteroatoms. The van der Waals surface area contributed by atoms with Gasteiger partial charge in [-0.25, -0.2) is 9.78 Å². The summed E-state index contributed by atoms with van der Waals surface area (Å²) in [6.07, 6.45) is 1.64. The SMILES string of the molecule is COc1ccc(OC)c(COC(=O)c2cccnc2SCc2cc(C)on2)c1. The number of pyridine rings is 1. The summed E-state index contributed by atoms with van der Waals surface area (Å²) >= 11 is 1.40. The van der Waals surface area contributed by atoms with Crippen LogP contribution in [0.25, 0.3) is 0 Å². The predicted octanol–water partition coefficient (Wildman–Crippen LogP) is 4.04. The lowest BCUT2D eigenvalue weighted by molar-refractivity contribution is 0.0464. The van der Waals surface area contributed by atoms with Crippen LogP contribution in [0.5, 0.6) is 11.5 Å². The van der Waals surface area contributed by atoms with E-state index in [-0.39, 0.29) is 6.61 Å². The molecular weight excluding hydrogens is 380 g/mol. The number of carbonyl (C=O) groups is 1. The molecule has 0 atom stereocenters. The Hall–Kier alpha value is -3.00. The average molecular weight is 400 g/mol. The number of rotatable bonds is 8. The Morgan fingerprint density at radius 2 is 2.04 bits per heavy atom. The molecule has 0 N–H and O–H groups in total. The molecular formula is C20H20N2O5S. The standard InChI is InChI=1S/C20H20N2O5S/c1-13-9-15(22-27-13)12-28-19-17(5-4-8-21-19)20(23)26-11-14-10-16(24-2)6-7-18(14)25-3/h4-10H,11-12H2,1-3H3. The maximum atomic E-state index is 12.6. The molecule has 146 valence electrons. The fourth-order valence-corrected chi connectivity index (χ4v) is 3.37. The third kappa shape index (κ3) is 4.83. The molecule has 1 aromatic carbocycles. The number of aryl methyl sites for hydroxylation is 1. The largest absolute Gasteiger partial charge is 0.497 e. The van der Waals surface area contributed by atoms with Crippen molar-refractivity contribution < 1.29 is 23.5 Å². The van der Waals surface area contributed by atoms with Crippen LogP contribution in [0.1, 0.15) is 27.4 Å². The fourth-order valence-electron chi connectivity index (χ4n) is 2.51. The lowest BCUT2D eigenvalue weighted by Gasteiger charge is -2.12. The second-order valence-electron chi connectivity index (χ2n) is 5.83. The number of ether oxygens (including phenoxy) is 3. The molecule has 0 radical (unpaired) electrons. The smallest absolute Gasteiger partial charge is 0.341 e. The number of hydrogen-bond donors (Lipinski definition) is 0. The Morgan fingerprint density at radius 3 is 2.75 bits per heavy atom. The summed E-state index contributed by atoms with van der Waals surface area (Å²) in [5, 5.41) is 4.53. The number of esters is 1. The maximum absolute atomic E-state index is 12.6. The Kier molecular flexibility index (Phi) is 6.54. The lowest BCUT2D eigenvalue weighted by atomic mass is 10.2. The zero-order chi connectivity index (χ0) is 19.9. The molecule has 3 aromatic rings. The van der Waals surface area contributed by atoms with Crippen LogP contribution >= 0.6 is 11.8 Å². The summed E-state index contributed by atoms with van der Waals surface area (Å²) in [4.78, 5) is 16.9. The topological polar surface area (TPSA) is 83.7 Å². The van der Waals surface area contributed by atoms with E-state index in [1.54, 1.807) is 50.7 Å². The number of benzene rings is 1. The van der Waals surface area contributed by atoms with Gasteiger partial charge in [-0.15, -0.1) is 0 Å². The van der Waals surface area contributed by atoms with Crippen LogP contribution in [0.2, 0.25) is 0 Å². The van der Waals surface area contributed by atoms with Gasteiger partial charge in [0, 0.05) is 23.6 Å². The van der Waals surface area contributed by atoms with Crippen molar-refractivity contribution in [3.05, 3.63) is 65.2 Å². The molecule has 0 amide bonds. The molecule has 28 heavy (non-hydrogen) atoms. The van der Waals surface area contributed by atoms with Gasteiger partial charge < -0.3 is 18.7 Å². The van der Waals surface area contributed by atoms with Gasteiger partial charge in [-0.1, -0.05) is 16.9 Å². The predicted molar refractivity (Wildman–Crippen MR) is 104 cm³/mol. The first-order chi connectivity index (χ1) is 13.6. The van der Waals surface area contributed by atoms with Gasteiger partial charge in [0.2, 0.25) is 0 Å². The third-order valence-electron chi connectivity index (χ3n) is 3.87. The van der Waals surface area contributed by atoms with Gasteiger partial charge in [-0.05, 0) is 37.3 Å². The van der Waals surface area contributed by atoms with Crippen LogP contribution in [-0.2, 0) is 17.1 Å². The van der Waals surface area contributed by atoms with Crippen molar-refractivity contribution in [2.24, 2.45) is 0 Å². The van der Waals surface area contributed by atoms with Gasteiger partial charge >= 0.3 is 5.97 Å². The van der Waals surface area contributed by atoms with E-state index < -0.39 is 5.97 Å². The van der Waals surface area contributed by atoms with E-state index in [2.05, 4.69) is 10.1 Å². The van der Waals surface area contributed by atoms with Gasteiger partial charge in [-0.3, -0.25) is 0 Å². The molecule has 7 nitrogen and oxygen atoms in total. The van der Waals surface area contributed by atoms with Crippen LogP contribution in [0, 0.1) is 6.92 Å². The van der Waals surface area contributed by atoms with Crippen molar-refractivity contribution in [1.82, 2.24) is 10.1 Å². The molecule has 0 bridgehead atoms. The molecule has 0 aliphatic heterocycles. The van der Waals surface area contributed by atoms with Gasteiger partial charge in [0.05, 0.1) is 25.5 Å². The Balaban J connectivity index is 1.69. The summed E-state index contributed by atoms with van der Waals surface area (Å²) in [7, 11) is 3.14. The summed E-state index contributed by atoms with van der Waals surface area (Å²) in [6, 6.07) is 10.6. The molecule has 3 rings (SSSR count).